The number of hydrogen-bond donors (Lipinski definition) is 0. The van der Waals surface area contributed by atoms with Crippen LogP contribution in [-0.4, -0.2) is 16.0 Å². The van der Waals surface area contributed by atoms with Gasteiger partial charge in [0.05, 0.1) is 5.39 Å². The van der Waals surface area contributed by atoms with Gasteiger partial charge in [-0.25, -0.2) is 9.97 Å². The van der Waals surface area contributed by atoms with E-state index in [1.165, 1.54) is 46.3 Å². The molecule has 5 rings (SSSR count). The van der Waals surface area contributed by atoms with Crippen LogP contribution >= 0.6 is 11.3 Å². The summed E-state index contributed by atoms with van der Waals surface area (Å²) in [6.45, 7) is 2.29. The summed E-state index contributed by atoms with van der Waals surface area (Å²) in [7, 11) is 0. The first-order valence-electron chi connectivity index (χ1n) is 7.95. The molecule has 3 nitrogen and oxygen atoms in total. The van der Waals surface area contributed by atoms with Gasteiger partial charge < -0.3 is 4.90 Å². The molecule has 0 saturated heterocycles. The highest BCUT2D eigenvalue weighted by atomic mass is 32.1. The van der Waals surface area contributed by atoms with Crippen LogP contribution in [0.25, 0.3) is 10.2 Å². The molecule has 1 atom stereocenters. The van der Waals surface area contributed by atoms with Crippen LogP contribution in [0.1, 0.15) is 29.3 Å². The lowest BCUT2D eigenvalue weighted by atomic mass is 10.1. The average molecular weight is 307 g/mol. The minimum Gasteiger partial charge on any atom is -0.322 e. The molecule has 0 saturated carbocycles. The second-order valence-electron chi connectivity index (χ2n) is 6.29. The number of benzene rings is 1. The zero-order valence-electron chi connectivity index (χ0n) is 12.5. The Balaban J connectivity index is 1.78. The van der Waals surface area contributed by atoms with Crippen molar-refractivity contribution in [2.45, 2.75) is 38.6 Å². The van der Waals surface area contributed by atoms with E-state index < -0.39 is 0 Å². The molecule has 22 heavy (non-hydrogen) atoms. The summed E-state index contributed by atoms with van der Waals surface area (Å²) in [6.07, 6.45) is 6.49. The SMILES string of the molecule is CC1Cc2ccccc2N1c1ncnc2sc3c(c12)CCC3. The van der Waals surface area contributed by atoms with Crippen LogP contribution in [0.5, 0.6) is 0 Å². The quantitative estimate of drug-likeness (QED) is 0.672. The largest absolute Gasteiger partial charge is 0.322 e. The van der Waals surface area contributed by atoms with Crippen molar-refractivity contribution in [1.82, 2.24) is 9.97 Å². The van der Waals surface area contributed by atoms with Crippen molar-refractivity contribution in [2.75, 3.05) is 4.90 Å². The fraction of sp³-hybridized carbons (Fsp3) is 0.333. The fourth-order valence-corrected chi connectivity index (χ4v) is 5.21. The number of nitrogens with zero attached hydrogens (tertiary/aromatic N) is 3. The second kappa shape index (κ2) is 4.53. The summed E-state index contributed by atoms with van der Waals surface area (Å²) < 4.78 is 0. The number of aromatic nitrogens is 2. The van der Waals surface area contributed by atoms with Crippen molar-refractivity contribution in [3.05, 3.63) is 46.6 Å². The molecule has 3 heterocycles. The lowest BCUT2D eigenvalue weighted by molar-refractivity contribution is 0.752. The molecule has 3 aromatic rings. The first-order valence-corrected chi connectivity index (χ1v) is 8.77. The summed E-state index contributed by atoms with van der Waals surface area (Å²) in [6, 6.07) is 9.17. The topological polar surface area (TPSA) is 29.0 Å². The van der Waals surface area contributed by atoms with Crippen LogP contribution in [0.4, 0.5) is 11.5 Å². The average Bonchev–Trinajstić information content (AvgIpc) is 3.17. The molecule has 1 aliphatic heterocycles. The van der Waals surface area contributed by atoms with Crippen LogP contribution in [0.15, 0.2) is 30.6 Å². The normalized spacial score (nSPS) is 19.7. The van der Waals surface area contributed by atoms with Gasteiger partial charge in [0.2, 0.25) is 0 Å². The third-order valence-electron chi connectivity index (χ3n) is 4.92. The van der Waals surface area contributed by atoms with E-state index in [2.05, 4.69) is 41.1 Å². The molecule has 0 fully saturated rings. The summed E-state index contributed by atoms with van der Waals surface area (Å²) in [5.41, 5.74) is 4.24. The smallest absolute Gasteiger partial charge is 0.145 e. The van der Waals surface area contributed by atoms with E-state index in [0.717, 1.165) is 17.1 Å². The Labute approximate surface area is 133 Å². The maximum atomic E-state index is 4.71. The van der Waals surface area contributed by atoms with E-state index in [1.807, 2.05) is 11.3 Å². The summed E-state index contributed by atoms with van der Waals surface area (Å²) in [4.78, 5) is 14.4. The standard InChI is InChI=1S/C18H17N3S/c1-11-9-12-5-2-3-7-14(12)21(11)17-16-13-6-4-8-15(13)22-18(16)20-10-19-17/h2-3,5,7,10-11H,4,6,8-9H2,1H3. The van der Waals surface area contributed by atoms with Gasteiger partial charge in [0.25, 0.3) is 0 Å². The number of fused-ring (bicyclic) bond motifs is 4. The van der Waals surface area contributed by atoms with Gasteiger partial charge in [0, 0.05) is 16.6 Å². The maximum Gasteiger partial charge on any atom is 0.145 e. The van der Waals surface area contributed by atoms with E-state index in [9.17, 15) is 0 Å². The Morgan fingerprint density at radius 2 is 2.09 bits per heavy atom. The minimum atomic E-state index is 0.451. The molecule has 0 N–H and O–H groups in total. The first-order chi connectivity index (χ1) is 10.8. The van der Waals surface area contributed by atoms with Gasteiger partial charge in [-0.1, -0.05) is 18.2 Å². The van der Waals surface area contributed by atoms with E-state index >= 15 is 0 Å². The molecule has 2 aromatic heterocycles. The molecule has 0 bridgehead atoms. The van der Waals surface area contributed by atoms with Gasteiger partial charge >= 0.3 is 0 Å². The molecule has 0 amide bonds. The Hall–Kier alpha value is -1.94. The molecule has 1 unspecified atom stereocenters. The van der Waals surface area contributed by atoms with Crippen molar-refractivity contribution in [3.8, 4) is 0 Å². The second-order valence-corrected chi connectivity index (χ2v) is 7.37. The predicted molar refractivity (Wildman–Crippen MR) is 91.2 cm³/mol. The van der Waals surface area contributed by atoms with E-state index in [-0.39, 0.29) is 0 Å². The number of para-hydroxylation sites is 1. The molecular formula is C18H17N3S. The van der Waals surface area contributed by atoms with Crippen LogP contribution in [0, 0.1) is 0 Å². The summed E-state index contributed by atoms with van der Waals surface area (Å²) >= 11 is 1.86. The number of hydrogen-bond acceptors (Lipinski definition) is 4. The molecule has 1 aromatic carbocycles. The molecule has 0 radical (unpaired) electrons. The van der Waals surface area contributed by atoms with E-state index in [1.54, 1.807) is 6.33 Å². The molecule has 1 aliphatic carbocycles. The van der Waals surface area contributed by atoms with Gasteiger partial charge in [-0.05, 0) is 49.8 Å². The Morgan fingerprint density at radius 3 is 3.05 bits per heavy atom. The van der Waals surface area contributed by atoms with Crippen molar-refractivity contribution in [2.24, 2.45) is 0 Å². The van der Waals surface area contributed by atoms with E-state index in [0.29, 0.717) is 6.04 Å². The fourth-order valence-electron chi connectivity index (χ4n) is 3.98. The van der Waals surface area contributed by atoms with Gasteiger partial charge in [-0.2, -0.15) is 0 Å². The Morgan fingerprint density at radius 1 is 1.18 bits per heavy atom. The van der Waals surface area contributed by atoms with E-state index in [4.69, 9.17) is 4.98 Å². The van der Waals surface area contributed by atoms with Crippen molar-refractivity contribution in [3.63, 3.8) is 0 Å². The van der Waals surface area contributed by atoms with Gasteiger partial charge in [0.15, 0.2) is 0 Å². The van der Waals surface area contributed by atoms with Gasteiger partial charge in [-0.3, -0.25) is 0 Å². The third kappa shape index (κ3) is 1.61. The van der Waals surface area contributed by atoms with Crippen LogP contribution in [0.3, 0.4) is 0 Å². The highest BCUT2D eigenvalue weighted by Crippen LogP contribution is 2.44. The van der Waals surface area contributed by atoms with Gasteiger partial charge in [0.1, 0.15) is 17.0 Å². The zero-order valence-corrected chi connectivity index (χ0v) is 13.4. The number of thiophene rings is 1. The predicted octanol–water partition coefficient (Wildman–Crippen LogP) is 4.26. The highest BCUT2D eigenvalue weighted by Gasteiger charge is 2.31. The minimum absolute atomic E-state index is 0.451. The van der Waals surface area contributed by atoms with Gasteiger partial charge in [-0.15, -0.1) is 11.3 Å². The lowest BCUT2D eigenvalue weighted by Crippen LogP contribution is -2.25. The first kappa shape index (κ1) is 12.6. The molecule has 0 spiro atoms. The number of aryl methyl sites for hydroxylation is 2. The summed E-state index contributed by atoms with van der Waals surface area (Å²) in [5, 5.41) is 1.31. The van der Waals surface area contributed by atoms with Crippen molar-refractivity contribution in [1.29, 1.82) is 0 Å². The highest BCUT2D eigenvalue weighted by molar-refractivity contribution is 7.19. The van der Waals surface area contributed by atoms with Crippen LogP contribution < -0.4 is 4.90 Å². The summed E-state index contributed by atoms with van der Waals surface area (Å²) in [5.74, 6) is 1.11. The van der Waals surface area contributed by atoms with Crippen LogP contribution in [0.2, 0.25) is 0 Å². The molecular weight excluding hydrogens is 290 g/mol. The maximum absolute atomic E-state index is 4.71. The molecule has 2 aliphatic rings. The number of anilines is 2. The van der Waals surface area contributed by atoms with Crippen LogP contribution in [-0.2, 0) is 19.3 Å². The van der Waals surface area contributed by atoms with Crippen molar-refractivity contribution < 1.29 is 0 Å². The molecule has 4 heteroatoms. The zero-order chi connectivity index (χ0) is 14.7. The monoisotopic (exact) mass is 307 g/mol. The third-order valence-corrected chi connectivity index (χ3v) is 6.12. The number of rotatable bonds is 1. The van der Waals surface area contributed by atoms with Crippen molar-refractivity contribution >= 4 is 33.1 Å². The Kier molecular flexibility index (Phi) is 2.59. The lowest BCUT2D eigenvalue weighted by Gasteiger charge is -2.24. The molecule has 110 valence electrons. The Bertz CT molecular complexity index is 883.